The SMILES string of the molecule is N[C@H]1C[C@@H]1c1ccc(-c2cccc(NS(=O)(=O)N3CCNCC3)c2)cc1. The highest BCUT2D eigenvalue weighted by molar-refractivity contribution is 7.90. The molecule has 0 aromatic heterocycles. The summed E-state index contributed by atoms with van der Waals surface area (Å²) in [6, 6.07) is 16.2. The third-order valence-corrected chi connectivity index (χ3v) is 6.58. The van der Waals surface area contributed by atoms with Crippen LogP contribution >= 0.6 is 0 Å². The topological polar surface area (TPSA) is 87.5 Å². The van der Waals surface area contributed by atoms with Gasteiger partial charge in [-0.05, 0) is 35.2 Å². The minimum absolute atomic E-state index is 0.295. The average Bonchev–Trinajstić information content (AvgIpc) is 3.39. The molecule has 1 aliphatic heterocycles. The van der Waals surface area contributed by atoms with Gasteiger partial charge >= 0.3 is 10.2 Å². The summed E-state index contributed by atoms with van der Waals surface area (Å²) in [6.07, 6.45) is 1.06. The largest absolute Gasteiger partial charge is 0.327 e. The number of rotatable bonds is 5. The van der Waals surface area contributed by atoms with E-state index in [1.54, 1.807) is 6.07 Å². The second-order valence-electron chi connectivity index (χ2n) is 6.97. The first kappa shape index (κ1) is 17.5. The molecule has 2 aromatic carbocycles. The van der Waals surface area contributed by atoms with Crippen LogP contribution in [0.5, 0.6) is 0 Å². The summed E-state index contributed by atoms with van der Waals surface area (Å²) in [6.45, 7) is 2.33. The fourth-order valence-electron chi connectivity index (χ4n) is 3.38. The molecule has 7 heteroatoms. The van der Waals surface area contributed by atoms with Gasteiger partial charge in [0.15, 0.2) is 0 Å². The summed E-state index contributed by atoms with van der Waals surface area (Å²) in [5.74, 6) is 0.487. The van der Waals surface area contributed by atoms with E-state index in [9.17, 15) is 8.42 Å². The third-order valence-electron chi connectivity index (χ3n) is 5.04. The molecule has 26 heavy (non-hydrogen) atoms. The van der Waals surface area contributed by atoms with Crippen LogP contribution in [0.15, 0.2) is 48.5 Å². The molecule has 2 fully saturated rings. The van der Waals surface area contributed by atoms with Crippen LogP contribution in [-0.4, -0.2) is 44.9 Å². The standard InChI is InChI=1S/C19H24N4O2S/c20-19-13-18(19)15-6-4-14(5-7-15)16-2-1-3-17(12-16)22-26(24,25)23-10-8-21-9-11-23/h1-7,12,18-19,21-22H,8-11,13,20H2/t18-,19+/m1/s1. The second kappa shape index (κ2) is 7.00. The third kappa shape index (κ3) is 3.76. The van der Waals surface area contributed by atoms with Crippen molar-refractivity contribution in [1.29, 1.82) is 0 Å². The first-order chi connectivity index (χ1) is 12.5. The Bertz CT molecular complexity index is 877. The van der Waals surface area contributed by atoms with Crippen LogP contribution in [0.3, 0.4) is 0 Å². The minimum Gasteiger partial charge on any atom is -0.327 e. The van der Waals surface area contributed by atoms with Gasteiger partial charge in [0.1, 0.15) is 0 Å². The molecule has 0 radical (unpaired) electrons. The average molecular weight is 372 g/mol. The zero-order chi connectivity index (χ0) is 18.1. The Morgan fingerprint density at radius 3 is 2.38 bits per heavy atom. The van der Waals surface area contributed by atoms with Gasteiger partial charge < -0.3 is 11.1 Å². The van der Waals surface area contributed by atoms with Gasteiger partial charge in [0.2, 0.25) is 0 Å². The predicted molar refractivity (Wildman–Crippen MR) is 104 cm³/mol. The Labute approximate surface area is 154 Å². The van der Waals surface area contributed by atoms with Crippen molar-refractivity contribution >= 4 is 15.9 Å². The quantitative estimate of drug-likeness (QED) is 0.746. The fraction of sp³-hybridized carbons (Fsp3) is 0.368. The molecular weight excluding hydrogens is 348 g/mol. The van der Waals surface area contributed by atoms with Crippen molar-refractivity contribution in [2.24, 2.45) is 5.73 Å². The molecule has 1 aliphatic carbocycles. The van der Waals surface area contributed by atoms with E-state index >= 15 is 0 Å². The summed E-state index contributed by atoms with van der Waals surface area (Å²) < 4.78 is 29.2. The molecule has 0 bridgehead atoms. The van der Waals surface area contributed by atoms with Crippen LogP contribution in [0.1, 0.15) is 17.9 Å². The molecule has 0 amide bonds. The second-order valence-corrected chi connectivity index (χ2v) is 8.64. The maximum absolute atomic E-state index is 12.5. The number of nitrogens with zero attached hydrogens (tertiary/aromatic N) is 1. The number of nitrogens with one attached hydrogen (secondary N) is 2. The summed E-state index contributed by atoms with van der Waals surface area (Å²) in [4.78, 5) is 0. The Balaban J connectivity index is 1.51. The zero-order valence-corrected chi connectivity index (χ0v) is 15.4. The first-order valence-corrected chi connectivity index (χ1v) is 10.4. The lowest BCUT2D eigenvalue weighted by atomic mass is 10.0. The summed E-state index contributed by atoms with van der Waals surface area (Å²) in [7, 11) is -3.52. The molecule has 1 saturated carbocycles. The smallest absolute Gasteiger partial charge is 0.301 e. The van der Waals surface area contributed by atoms with Crippen LogP contribution in [0, 0.1) is 0 Å². The Morgan fingerprint density at radius 1 is 1.04 bits per heavy atom. The van der Waals surface area contributed by atoms with E-state index in [0.717, 1.165) is 17.5 Å². The Hall–Kier alpha value is -1.93. The normalized spacial score (nSPS) is 23.6. The molecule has 2 atom stereocenters. The first-order valence-electron chi connectivity index (χ1n) is 8.97. The number of hydrogen-bond acceptors (Lipinski definition) is 4. The van der Waals surface area contributed by atoms with Crippen molar-refractivity contribution in [1.82, 2.24) is 9.62 Å². The van der Waals surface area contributed by atoms with Gasteiger partial charge in [0.05, 0.1) is 5.69 Å². The van der Waals surface area contributed by atoms with Crippen molar-refractivity contribution in [3.8, 4) is 11.1 Å². The molecular formula is C19H24N4O2S. The molecule has 6 nitrogen and oxygen atoms in total. The van der Waals surface area contributed by atoms with Crippen molar-refractivity contribution in [2.45, 2.75) is 18.4 Å². The lowest BCUT2D eigenvalue weighted by Gasteiger charge is -2.26. The molecule has 4 N–H and O–H groups in total. The maximum atomic E-state index is 12.5. The van der Waals surface area contributed by atoms with E-state index in [-0.39, 0.29) is 0 Å². The highest BCUT2D eigenvalue weighted by Crippen LogP contribution is 2.39. The molecule has 4 rings (SSSR count). The lowest BCUT2D eigenvalue weighted by Crippen LogP contribution is -2.48. The fourth-order valence-corrected chi connectivity index (χ4v) is 4.60. The summed E-state index contributed by atoms with van der Waals surface area (Å²) in [5, 5.41) is 3.16. The monoisotopic (exact) mass is 372 g/mol. The van der Waals surface area contributed by atoms with Crippen LogP contribution in [0.4, 0.5) is 5.69 Å². The van der Waals surface area contributed by atoms with Crippen LogP contribution in [0.2, 0.25) is 0 Å². The van der Waals surface area contributed by atoms with Crippen LogP contribution in [0.25, 0.3) is 11.1 Å². The highest BCUT2D eigenvalue weighted by Gasteiger charge is 2.34. The van der Waals surface area contributed by atoms with Gasteiger partial charge in [-0.2, -0.15) is 12.7 Å². The van der Waals surface area contributed by atoms with Crippen molar-refractivity contribution < 1.29 is 8.42 Å². The molecule has 2 aliphatic rings. The maximum Gasteiger partial charge on any atom is 0.301 e. The number of hydrogen-bond donors (Lipinski definition) is 3. The highest BCUT2D eigenvalue weighted by atomic mass is 32.2. The number of benzene rings is 2. The predicted octanol–water partition coefficient (Wildman–Crippen LogP) is 1.73. The van der Waals surface area contributed by atoms with Crippen molar-refractivity contribution in [3.63, 3.8) is 0 Å². The summed E-state index contributed by atoms with van der Waals surface area (Å²) >= 11 is 0. The van der Waals surface area contributed by atoms with E-state index < -0.39 is 10.2 Å². The van der Waals surface area contributed by atoms with Crippen molar-refractivity contribution in [2.75, 3.05) is 30.9 Å². The van der Waals surface area contributed by atoms with Gasteiger partial charge in [0.25, 0.3) is 0 Å². The van der Waals surface area contributed by atoms with Gasteiger partial charge in [-0.25, -0.2) is 0 Å². The van der Waals surface area contributed by atoms with Crippen LogP contribution in [-0.2, 0) is 10.2 Å². The van der Waals surface area contributed by atoms with E-state index in [2.05, 4.69) is 34.3 Å². The molecule has 2 aromatic rings. The number of nitrogens with two attached hydrogens (primary N) is 1. The molecule has 0 spiro atoms. The molecule has 0 unspecified atom stereocenters. The van der Waals surface area contributed by atoms with E-state index in [1.807, 2.05) is 18.2 Å². The van der Waals surface area contributed by atoms with E-state index in [4.69, 9.17) is 5.73 Å². The van der Waals surface area contributed by atoms with E-state index in [1.165, 1.54) is 9.87 Å². The van der Waals surface area contributed by atoms with Crippen molar-refractivity contribution in [3.05, 3.63) is 54.1 Å². The molecule has 138 valence electrons. The Morgan fingerprint density at radius 2 is 1.73 bits per heavy atom. The molecule has 1 saturated heterocycles. The van der Waals surface area contributed by atoms with Crippen LogP contribution < -0.4 is 15.8 Å². The zero-order valence-electron chi connectivity index (χ0n) is 14.6. The van der Waals surface area contributed by atoms with Gasteiger partial charge in [-0.1, -0.05) is 36.4 Å². The number of anilines is 1. The van der Waals surface area contributed by atoms with Gasteiger partial charge in [-0.3, -0.25) is 4.72 Å². The number of piperazine rings is 1. The lowest BCUT2D eigenvalue weighted by molar-refractivity contribution is 0.362. The van der Waals surface area contributed by atoms with Gasteiger partial charge in [0, 0.05) is 38.1 Å². The molecule has 1 heterocycles. The van der Waals surface area contributed by atoms with Gasteiger partial charge in [-0.15, -0.1) is 0 Å². The summed E-state index contributed by atoms with van der Waals surface area (Å²) in [5.41, 5.74) is 9.81. The Kier molecular flexibility index (Phi) is 4.71. The van der Waals surface area contributed by atoms with E-state index in [0.29, 0.717) is 43.8 Å². The minimum atomic E-state index is -3.52.